The molecule has 2 N–H and O–H groups in total. The van der Waals surface area contributed by atoms with Crippen molar-refractivity contribution in [3.05, 3.63) is 53.6 Å². The Morgan fingerprint density at radius 1 is 1.05 bits per heavy atom. The van der Waals surface area contributed by atoms with Crippen LogP contribution in [0.1, 0.15) is 39.2 Å². The summed E-state index contributed by atoms with van der Waals surface area (Å²) in [5.74, 6) is -1.78. The van der Waals surface area contributed by atoms with Gasteiger partial charge in [0.25, 0.3) is 0 Å². The van der Waals surface area contributed by atoms with Gasteiger partial charge in [0, 0.05) is 5.41 Å². The van der Waals surface area contributed by atoms with Crippen LogP contribution in [0.3, 0.4) is 0 Å². The van der Waals surface area contributed by atoms with Gasteiger partial charge < -0.3 is 10.2 Å². The fourth-order valence-corrected chi connectivity index (χ4v) is 2.65. The van der Waals surface area contributed by atoms with Crippen LogP contribution in [0.5, 0.6) is 0 Å². The van der Waals surface area contributed by atoms with Gasteiger partial charge in [0.15, 0.2) is 5.79 Å². The van der Waals surface area contributed by atoms with Gasteiger partial charge in [0.1, 0.15) is 0 Å². The standard InChI is InChI=1S/C17H22O2/c1-4-8-15-14(13-9-6-5-7-10-13)11-12-17(18,19)16(15,2)3/h5-7,9-12,18-19H,4,8H2,1-3H3. The molecule has 0 amide bonds. The molecule has 0 atom stereocenters. The van der Waals surface area contributed by atoms with E-state index in [2.05, 4.69) is 19.1 Å². The third-order valence-corrected chi connectivity index (χ3v) is 4.07. The highest BCUT2D eigenvalue weighted by Crippen LogP contribution is 2.47. The molecule has 0 spiro atoms. The summed E-state index contributed by atoms with van der Waals surface area (Å²) in [5.41, 5.74) is 2.67. The molecule has 19 heavy (non-hydrogen) atoms. The molecule has 0 aliphatic heterocycles. The average Bonchev–Trinajstić information content (AvgIpc) is 2.37. The van der Waals surface area contributed by atoms with Crippen LogP contribution in [0.25, 0.3) is 5.57 Å². The van der Waals surface area contributed by atoms with Gasteiger partial charge in [-0.15, -0.1) is 0 Å². The third kappa shape index (κ3) is 2.38. The minimum Gasteiger partial charge on any atom is -0.362 e. The first-order chi connectivity index (χ1) is 8.90. The number of rotatable bonds is 3. The Labute approximate surface area is 115 Å². The molecule has 1 aliphatic rings. The van der Waals surface area contributed by atoms with Gasteiger partial charge in [0.2, 0.25) is 0 Å². The van der Waals surface area contributed by atoms with Crippen molar-refractivity contribution in [1.29, 1.82) is 0 Å². The third-order valence-electron chi connectivity index (χ3n) is 4.07. The van der Waals surface area contributed by atoms with Crippen molar-refractivity contribution in [3.63, 3.8) is 0 Å². The molecule has 1 aliphatic carbocycles. The highest BCUT2D eigenvalue weighted by Gasteiger charge is 2.45. The molecule has 0 radical (unpaired) electrons. The summed E-state index contributed by atoms with van der Waals surface area (Å²) >= 11 is 0. The average molecular weight is 258 g/mol. The first kappa shape index (κ1) is 14.0. The molecule has 0 saturated carbocycles. The van der Waals surface area contributed by atoms with Gasteiger partial charge in [-0.05, 0) is 23.6 Å². The second-order valence-electron chi connectivity index (χ2n) is 5.69. The number of aliphatic hydroxyl groups is 2. The van der Waals surface area contributed by atoms with Gasteiger partial charge in [-0.1, -0.05) is 69.2 Å². The number of hydrogen-bond donors (Lipinski definition) is 2. The minimum atomic E-state index is -1.78. The molecular formula is C17H22O2. The maximum atomic E-state index is 10.2. The van der Waals surface area contributed by atoms with Crippen molar-refractivity contribution in [1.82, 2.24) is 0 Å². The summed E-state index contributed by atoms with van der Waals surface area (Å²) in [6.45, 7) is 5.90. The Morgan fingerprint density at radius 2 is 1.68 bits per heavy atom. The van der Waals surface area contributed by atoms with Gasteiger partial charge in [0.05, 0.1) is 0 Å². The lowest BCUT2D eigenvalue weighted by Gasteiger charge is -2.42. The van der Waals surface area contributed by atoms with E-state index in [0.717, 1.165) is 29.6 Å². The fraction of sp³-hybridized carbons (Fsp3) is 0.412. The molecule has 0 saturated heterocycles. The highest BCUT2D eigenvalue weighted by molar-refractivity contribution is 5.79. The van der Waals surface area contributed by atoms with Crippen LogP contribution in [0, 0.1) is 5.41 Å². The van der Waals surface area contributed by atoms with Crippen LogP contribution in [-0.2, 0) is 0 Å². The van der Waals surface area contributed by atoms with Crippen LogP contribution in [0.4, 0.5) is 0 Å². The molecular weight excluding hydrogens is 236 g/mol. The first-order valence-electron chi connectivity index (χ1n) is 6.83. The maximum Gasteiger partial charge on any atom is 0.192 e. The summed E-state index contributed by atoms with van der Waals surface area (Å²) in [7, 11) is 0. The van der Waals surface area contributed by atoms with E-state index in [1.807, 2.05) is 38.1 Å². The smallest absolute Gasteiger partial charge is 0.192 e. The summed E-state index contributed by atoms with van der Waals surface area (Å²) in [6.07, 6.45) is 5.18. The maximum absolute atomic E-state index is 10.2. The van der Waals surface area contributed by atoms with Crippen LogP contribution in [0.15, 0.2) is 48.1 Å². The van der Waals surface area contributed by atoms with E-state index < -0.39 is 11.2 Å². The van der Waals surface area contributed by atoms with E-state index in [0.29, 0.717) is 0 Å². The van der Waals surface area contributed by atoms with Crippen molar-refractivity contribution in [2.24, 2.45) is 5.41 Å². The fourth-order valence-electron chi connectivity index (χ4n) is 2.65. The quantitative estimate of drug-likeness (QED) is 0.814. The Hall–Kier alpha value is -1.38. The van der Waals surface area contributed by atoms with Crippen molar-refractivity contribution in [3.8, 4) is 0 Å². The molecule has 0 aromatic heterocycles. The Bertz CT molecular complexity index is 507. The van der Waals surface area contributed by atoms with Crippen molar-refractivity contribution in [2.45, 2.75) is 39.4 Å². The summed E-state index contributed by atoms with van der Waals surface area (Å²) in [4.78, 5) is 0. The van der Waals surface area contributed by atoms with Crippen molar-refractivity contribution < 1.29 is 10.2 Å². The van der Waals surface area contributed by atoms with E-state index in [9.17, 15) is 10.2 Å². The lowest BCUT2D eigenvalue weighted by atomic mass is 9.68. The molecule has 0 bridgehead atoms. The summed E-state index contributed by atoms with van der Waals surface area (Å²) in [6, 6.07) is 10.1. The predicted molar refractivity (Wildman–Crippen MR) is 78.4 cm³/mol. The van der Waals surface area contributed by atoms with Crippen LogP contribution in [-0.4, -0.2) is 16.0 Å². The van der Waals surface area contributed by atoms with Gasteiger partial charge >= 0.3 is 0 Å². The van der Waals surface area contributed by atoms with E-state index >= 15 is 0 Å². The van der Waals surface area contributed by atoms with Gasteiger partial charge in [-0.25, -0.2) is 0 Å². The Kier molecular flexibility index (Phi) is 3.66. The number of hydrogen-bond acceptors (Lipinski definition) is 2. The summed E-state index contributed by atoms with van der Waals surface area (Å²) < 4.78 is 0. The van der Waals surface area contributed by atoms with Crippen molar-refractivity contribution in [2.75, 3.05) is 0 Å². The second-order valence-corrected chi connectivity index (χ2v) is 5.69. The van der Waals surface area contributed by atoms with E-state index in [1.54, 1.807) is 0 Å². The Morgan fingerprint density at radius 3 is 2.26 bits per heavy atom. The highest BCUT2D eigenvalue weighted by atomic mass is 16.5. The number of benzene rings is 1. The molecule has 2 rings (SSSR count). The zero-order valence-electron chi connectivity index (χ0n) is 11.9. The van der Waals surface area contributed by atoms with Gasteiger partial charge in [-0.2, -0.15) is 0 Å². The Balaban J connectivity index is 2.59. The lowest BCUT2D eigenvalue weighted by Crippen LogP contribution is -2.46. The molecule has 2 nitrogen and oxygen atoms in total. The van der Waals surface area contributed by atoms with E-state index in [4.69, 9.17) is 0 Å². The zero-order valence-corrected chi connectivity index (χ0v) is 11.9. The SMILES string of the molecule is CCCC1=C(c2ccccc2)C=CC(O)(O)C1(C)C. The largest absolute Gasteiger partial charge is 0.362 e. The molecule has 102 valence electrons. The predicted octanol–water partition coefficient (Wildman–Crippen LogP) is 3.52. The molecule has 0 heterocycles. The van der Waals surface area contributed by atoms with Gasteiger partial charge in [-0.3, -0.25) is 0 Å². The van der Waals surface area contributed by atoms with Crippen LogP contribution < -0.4 is 0 Å². The van der Waals surface area contributed by atoms with E-state index in [-0.39, 0.29) is 0 Å². The van der Waals surface area contributed by atoms with Crippen LogP contribution >= 0.6 is 0 Å². The molecule has 0 unspecified atom stereocenters. The molecule has 2 heteroatoms. The number of allylic oxidation sites excluding steroid dienone is 2. The zero-order chi connectivity index (χ0) is 14.1. The van der Waals surface area contributed by atoms with Crippen molar-refractivity contribution >= 4 is 5.57 Å². The normalized spacial score (nSPS) is 20.7. The minimum absolute atomic E-state index is 0.678. The molecule has 1 aromatic carbocycles. The molecule has 0 fully saturated rings. The van der Waals surface area contributed by atoms with E-state index in [1.165, 1.54) is 6.08 Å². The second kappa shape index (κ2) is 4.95. The van der Waals surface area contributed by atoms with Crippen LogP contribution in [0.2, 0.25) is 0 Å². The summed E-state index contributed by atoms with van der Waals surface area (Å²) in [5, 5.41) is 20.4. The first-order valence-corrected chi connectivity index (χ1v) is 6.83. The lowest BCUT2D eigenvalue weighted by molar-refractivity contribution is -0.182. The monoisotopic (exact) mass is 258 g/mol. The molecule has 1 aromatic rings. The topological polar surface area (TPSA) is 40.5 Å².